The van der Waals surface area contributed by atoms with Crippen LogP contribution in [0.4, 0.5) is 0 Å². The van der Waals surface area contributed by atoms with Gasteiger partial charge in [0.25, 0.3) is 5.89 Å². The SMILES string of the molecule is CSc1noc(-c2ncccn2)n1. The van der Waals surface area contributed by atoms with Crippen molar-refractivity contribution in [3.8, 4) is 11.7 Å². The van der Waals surface area contributed by atoms with Crippen LogP contribution in [0.3, 0.4) is 0 Å². The Balaban J connectivity index is 2.36. The van der Waals surface area contributed by atoms with Gasteiger partial charge in [-0.05, 0) is 17.5 Å². The molecule has 0 aliphatic rings. The summed E-state index contributed by atoms with van der Waals surface area (Å²) in [5.74, 6) is 0.806. The lowest BCUT2D eigenvalue weighted by atomic mass is 10.5. The summed E-state index contributed by atoms with van der Waals surface area (Å²) in [6.07, 6.45) is 5.14. The number of hydrogen-bond donors (Lipinski definition) is 0. The minimum Gasteiger partial charge on any atom is -0.330 e. The van der Waals surface area contributed by atoms with Gasteiger partial charge >= 0.3 is 0 Å². The van der Waals surface area contributed by atoms with E-state index >= 15 is 0 Å². The van der Waals surface area contributed by atoms with Crippen molar-refractivity contribution < 1.29 is 4.52 Å². The molecule has 0 aliphatic carbocycles. The topological polar surface area (TPSA) is 64.7 Å². The van der Waals surface area contributed by atoms with Crippen molar-refractivity contribution in [2.75, 3.05) is 6.26 Å². The van der Waals surface area contributed by atoms with Crippen LogP contribution >= 0.6 is 11.8 Å². The molecule has 5 nitrogen and oxygen atoms in total. The second-order valence-electron chi connectivity index (χ2n) is 2.16. The van der Waals surface area contributed by atoms with E-state index in [9.17, 15) is 0 Å². The molecule has 0 saturated heterocycles. The molecule has 0 unspecified atom stereocenters. The predicted octanol–water partition coefficient (Wildman–Crippen LogP) is 1.25. The summed E-state index contributed by atoms with van der Waals surface area (Å²) in [5.41, 5.74) is 0. The van der Waals surface area contributed by atoms with E-state index in [0.29, 0.717) is 16.9 Å². The molecule has 0 N–H and O–H groups in total. The quantitative estimate of drug-likeness (QED) is 0.670. The Kier molecular flexibility index (Phi) is 2.22. The van der Waals surface area contributed by atoms with Gasteiger partial charge in [0, 0.05) is 12.4 Å². The van der Waals surface area contributed by atoms with E-state index in [1.807, 2.05) is 6.26 Å². The summed E-state index contributed by atoms with van der Waals surface area (Å²) in [7, 11) is 0. The molecule has 0 atom stereocenters. The van der Waals surface area contributed by atoms with Crippen molar-refractivity contribution >= 4 is 11.8 Å². The summed E-state index contributed by atoms with van der Waals surface area (Å²) in [4.78, 5) is 12.0. The van der Waals surface area contributed by atoms with Gasteiger partial charge in [0.15, 0.2) is 0 Å². The van der Waals surface area contributed by atoms with E-state index in [1.54, 1.807) is 18.5 Å². The van der Waals surface area contributed by atoms with Gasteiger partial charge in [-0.25, -0.2) is 9.97 Å². The van der Waals surface area contributed by atoms with Crippen LogP contribution in [0, 0.1) is 0 Å². The lowest BCUT2D eigenvalue weighted by Gasteiger charge is -1.87. The number of hydrogen-bond acceptors (Lipinski definition) is 6. The highest BCUT2D eigenvalue weighted by Gasteiger charge is 2.09. The van der Waals surface area contributed by atoms with Gasteiger partial charge in [0.05, 0.1) is 0 Å². The van der Waals surface area contributed by atoms with E-state index in [0.717, 1.165) is 0 Å². The summed E-state index contributed by atoms with van der Waals surface area (Å²) in [6.45, 7) is 0. The van der Waals surface area contributed by atoms with Crippen LogP contribution in [-0.2, 0) is 0 Å². The van der Waals surface area contributed by atoms with Crippen molar-refractivity contribution in [1.82, 2.24) is 20.1 Å². The maximum absolute atomic E-state index is 4.93. The molecule has 2 aromatic heterocycles. The van der Waals surface area contributed by atoms with Crippen LogP contribution in [0.2, 0.25) is 0 Å². The average Bonchev–Trinajstić information content (AvgIpc) is 2.67. The fourth-order valence-corrected chi connectivity index (χ4v) is 1.08. The molecular formula is C7H6N4OS. The molecule has 0 saturated carbocycles. The van der Waals surface area contributed by atoms with Crippen LogP contribution in [0.1, 0.15) is 0 Å². The molecule has 0 spiro atoms. The van der Waals surface area contributed by atoms with Crippen LogP contribution in [0.25, 0.3) is 11.7 Å². The van der Waals surface area contributed by atoms with Gasteiger partial charge in [-0.1, -0.05) is 11.8 Å². The Bertz CT molecular complexity index is 388. The Labute approximate surface area is 78.6 Å². The van der Waals surface area contributed by atoms with Crippen LogP contribution in [0.15, 0.2) is 28.1 Å². The molecule has 13 heavy (non-hydrogen) atoms. The van der Waals surface area contributed by atoms with Gasteiger partial charge < -0.3 is 4.52 Å². The minimum absolute atomic E-state index is 0.352. The molecule has 0 fully saturated rings. The maximum atomic E-state index is 4.93. The van der Waals surface area contributed by atoms with E-state index in [-0.39, 0.29) is 0 Å². The smallest absolute Gasteiger partial charge is 0.296 e. The molecule has 0 aliphatic heterocycles. The van der Waals surface area contributed by atoms with E-state index in [2.05, 4.69) is 20.1 Å². The second kappa shape index (κ2) is 3.53. The highest BCUT2D eigenvalue weighted by molar-refractivity contribution is 7.98. The van der Waals surface area contributed by atoms with Crippen molar-refractivity contribution in [3.63, 3.8) is 0 Å². The first-order valence-electron chi connectivity index (χ1n) is 3.55. The van der Waals surface area contributed by atoms with Crippen LogP contribution in [0.5, 0.6) is 0 Å². The van der Waals surface area contributed by atoms with Crippen molar-refractivity contribution in [2.24, 2.45) is 0 Å². The Morgan fingerprint density at radius 2 is 2.08 bits per heavy atom. The fourth-order valence-electron chi connectivity index (χ4n) is 0.793. The first-order chi connectivity index (χ1) is 6.40. The van der Waals surface area contributed by atoms with Gasteiger partial charge in [0.1, 0.15) is 0 Å². The highest BCUT2D eigenvalue weighted by Crippen LogP contribution is 2.15. The molecular weight excluding hydrogens is 188 g/mol. The standard InChI is InChI=1S/C7H6N4OS/c1-13-7-10-6(12-11-7)5-8-3-2-4-9-5/h2-4H,1H3. The molecule has 2 rings (SSSR count). The van der Waals surface area contributed by atoms with Gasteiger partial charge in [-0.3, -0.25) is 0 Å². The summed E-state index contributed by atoms with van der Waals surface area (Å²) < 4.78 is 4.93. The van der Waals surface area contributed by atoms with E-state index in [4.69, 9.17) is 4.52 Å². The zero-order valence-corrected chi connectivity index (χ0v) is 7.65. The monoisotopic (exact) mass is 194 g/mol. The minimum atomic E-state index is 0.352. The first-order valence-corrected chi connectivity index (χ1v) is 4.77. The van der Waals surface area contributed by atoms with Crippen molar-refractivity contribution in [2.45, 2.75) is 5.16 Å². The summed E-state index contributed by atoms with van der Waals surface area (Å²) in [6, 6.07) is 1.73. The Morgan fingerprint density at radius 1 is 1.31 bits per heavy atom. The Hall–Kier alpha value is -1.43. The third-order valence-electron chi connectivity index (χ3n) is 1.35. The predicted molar refractivity (Wildman–Crippen MR) is 47.1 cm³/mol. The third kappa shape index (κ3) is 1.67. The van der Waals surface area contributed by atoms with Gasteiger partial charge in [-0.15, -0.1) is 0 Å². The number of nitrogens with zero attached hydrogens (tertiary/aromatic N) is 4. The molecule has 6 heteroatoms. The van der Waals surface area contributed by atoms with E-state index in [1.165, 1.54) is 11.8 Å². The van der Waals surface area contributed by atoms with Gasteiger partial charge in [0.2, 0.25) is 11.0 Å². The van der Waals surface area contributed by atoms with Crippen LogP contribution < -0.4 is 0 Å². The van der Waals surface area contributed by atoms with E-state index < -0.39 is 0 Å². The lowest BCUT2D eigenvalue weighted by Crippen LogP contribution is -1.85. The van der Waals surface area contributed by atoms with Crippen molar-refractivity contribution in [3.05, 3.63) is 18.5 Å². The number of rotatable bonds is 2. The molecule has 2 heterocycles. The zero-order valence-electron chi connectivity index (χ0n) is 6.84. The summed E-state index contributed by atoms with van der Waals surface area (Å²) in [5, 5.41) is 4.29. The highest BCUT2D eigenvalue weighted by atomic mass is 32.2. The number of thioether (sulfide) groups is 1. The molecule has 0 amide bonds. The molecule has 2 aromatic rings. The summed E-state index contributed by atoms with van der Waals surface area (Å²) >= 11 is 1.41. The zero-order chi connectivity index (χ0) is 9.10. The molecule has 66 valence electrons. The number of aromatic nitrogens is 4. The average molecular weight is 194 g/mol. The van der Waals surface area contributed by atoms with Crippen molar-refractivity contribution in [1.29, 1.82) is 0 Å². The second-order valence-corrected chi connectivity index (χ2v) is 2.93. The van der Waals surface area contributed by atoms with Crippen LogP contribution in [-0.4, -0.2) is 26.4 Å². The third-order valence-corrected chi connectivity index (χ3v) is 1.88. The molecule has 0 bridgehead atoms. The fraction of sp³-hybridized carbons (Fsp3) is 0.143. The molecule has 0 aromatic carbocycles. The normalized spacial score (nSPS) is 10.2. The largest absolute Gasteiger partial charge is 0.330 e. The maximum Gasteiger partial charge on any atom is 0.296 e. The molecule has 0 radical (unpaired) electrons. The Morgan fingerprint density at radius 3 is 2.69 bits per heavy atom. The lowest BCUT2D eigenvalue weighted by molar-refractivity contribution is 0.413. The van der Waals surface area contributed by atoms with Gasteiger partial charge in [-0.2, -0.15) is 4.98 Å². The first kappa shape index (κ1) is 8.18.